The molecule has 1 amide bonds. The highest BCUT2D eigenvalue weighted by atomic mass is 19.4. The minimum Gasteiger partial charge on any atom is -0.460 e. The van der Waals surface area contributed by atoms with Crippen LogP contribution in [0.2, 0.25) is 0 Å². The smallest absolute Gasteiger partial charge is 0.417 e. The summed E-state index contributed by atoms with van der Waals surface area (Å²) in [5.74, 6) is -2.73. The van der Waals surface area contributed by atoms with E-state index in [2.05, 4.69) is 5.32 Å². The van der Waals surface area contributed by atoms with Crippen molar-refractivity contribution in [2.24, 2.45) is 0 Å². The number of alkyl halides is 3. The monoisotopic (exact) mass is 335 g/mol. The Morgan fingerprint density at radius 1 is 1.17 bits per heavy atom. The summed E-state index contributed by atoms with van der Waals surface area (Å²) in [6.45, 7) is 4.80. The molecule has 1 aromatic carbocycles. The van der Waals surface area contributed by atoms with Crippen LogP contribution in [0.5, 0.6) is 0 Å². The summed E-state index contributed by atoms with van der Waals surface area (Å²) in [6, 6.07) is 1.77. The van der Waals surface area contributed by atoms with Gasteiger partial charge in [-0.2, -0.15) is 13.2 Å². The van der Waals surface area contributed by atoms with E-state index < -0.39 is 40.6 Å². The average Bonchev–Trinajstić information content (AvgIpc) is 2.35. The summed E-state index contributed by atoms with van der Waals surface area (Å²) in [6.07, 6.45) is -5.05. The van der Waals surface area contributed by atoms with Crippen LogP contribution in [0.15, 0.2) is 18.2 Å². The van der Waals surface area contributed by atoms with Crippen molar-refractivity contribution in [2.45, 2.75) is 39.0 Å². The first-order chi connectivity index (χ1) is 10.4. The Balaban J connectivity index is 2.71. The predicted octanol–water partition coefficient (Wildman–Crippen LogP) is 3.31. The molecule has 4 nitrogen and oxygen atoms in total. The molecule has 0 aliphatic carbocycles. The Hall–Kier alpha value is -2.12. The zero-order valence-corrected chi connectivity index (χ0v) is 12.9. The first-order valence-electron chi connectivity index (χ1n) is 6.77. The number of carbonyl (C=O) groups is 2. The van der Waals surface area contributed by atoms with Gasteiger partial charge in [-0.3, -0.25) is 9.59 Å². The van der Waals surface area contributed by atoms with E-state index in [4.69, 9.17) is 4.74 Å². The molecule has 0 spiro atoms. The standard InChI is InChI=1S/C15H17F4NO3/c1-14(2,3)23-12(21)6-7-20-13(22)10-5-4-9(16)8-11(10)15(17,18)19/h4-5,8H,6-7H2,1-3H3,(H,20,22). The number of halogens is 4. The Labute approximate surface area is 130 Å². The van der Waals surface area contributed by atoms with E-state index in [1.54, 1.807) is 20.8 Å². The van der Waals surface area contributed by atoms with Gasteiger partial charge in [0.2, 0.25) is 0 Å². The van der Waals surface area contributed by atoms with E-state index >= 15 is 0 Å². The van der Waals surface area contributed by atoms with E-state index in [1.165, 1.54) is 0 Å². The second-order valence-electron chi connectivity index (χ2n) is 5.78. The van der Waals surface area contributed by atoms with Crippen LogP contribution in [0.4, 0.5) is 17.6 Å². The van der Waals surface area contributed by atoms with Gasteiger partial charge in [-0.05, 0) is 39.0 Å². The summed E-state index contributed by atoms with van der Waals surface area (Å²) in [7, 11) is 0. The number of esters is 1. The molecule has 0 heterocycles. The zero-order chi connectivity index (χ0) is 17.8. The van der Waals surface area contributed by atoms with E-state index in [9.17, 15) is 27.2 Å². The maximum Gasteiger partial charge on any atom is 0.417 e. The van der Waals surface area contributed by atoms with Crippen LogP contribution in [0.1, 0.15) is 43.1 Å². The Bertz CT molecular complexity index is 591. The van der Waals surface area contributed by atoms with E-state index in [-0.39, 0.29) is 19.0 Å². The Morgan fingerprint density at radius 3 is 2.30 bits per heavy atom. The molecule has 0 aliphatic heterocycles. The summed E-state index contributed by atoms with van der Waals surface area (Å²) in [5.41, 5.74) is -2.77. The van der Waals surface area contributed by atoms with Gasteiger partial charge in [0.25, 0.3) is 5.91 Å². The highest BCUT2D eigenvalue weighted by molar-refractivity contribution is 5.96. The van der Waals surface area contributed by atoms with Gasteiger partial charge in [0.1, 0.15) is 11.4 Å². The predicted molar refractivity (Wildman–Crippen MR) is 74.2 cm³/mol. The lowest BCUT2D eigenvalue weighted by Crippen LogP contribution is -2.30. The SMILES string of the molecule is CC(C)(C)OC(=O)CCNC(=O)c1ccc(F)cc1C(F)(F)F. The van der Waals surface area contributed by atoms with Gasteiger partial charge >= 0.3 is 12.1 Å². The van der Waals surface area contributed by atoms with Crippen molar-refractivity contribution in [3.8, 4) is 0 Å². The maximum absolute atomic E-state index is 13.0. The molecule has 23 heavy (non-hydrogen) atoms. The fraction of sp³-hybridized carbons (Fsp3) is 0.467. The lowest BCUT2D eigenvalue weighted by atomic mass is 10.1. The highest BCUT2D eigenvalue weighted by Crippen LogP contribution is 2.32. The third kappa shape index (κ3) is 6.25. The molecule has 0 fully saturated rings. The molecule has 0 bridgehead atoms. The summed E-state index contributed by atoms with van der Waals surface area (Å²) < 4.78 is 56.4. The molecule has 0 saturated carbocycles. The van der Waals surface area contributed by atoms with E-state index in [1.807, 2.05) is 0 Å². The second kappa shape index (κ2) is 6.97. The van der Waals surface area contributed by atoms with Gasteiger partial charge in [-0.15, -0.1) is 0 Å². The Kier molecular flexibility index (Phi) is 5.74. The van der Waals surface area contributed by atoms with Gasteiger partial charge in [0.05, 0.1) is 17.5 Å². The third-order valence-corrected chi connectivity index (χ3v) is 2.57. The normalized spacial score (nSPS) is 12.0. The summed E-state index contributed by atoms with van der Waals surface area (Å²) in [5, 5.41) is 2.19. The van der Waals surface area contributed by atoms with Crippen LogP contribution in [-0.4, -0.2) is 24.0 Å². The topological polar surface area (TPSA) is 55.4 Å². The van der Waals surface area contributed by atoms with Crippen molar-refractivity contribution in [3.63, 3.8) is 0 Å². The first-order valence-corrected chi connectivity index (χ1v) is 6.77. The number of hydrogen-bond acceptors (Lipinski definition) is 3. The van der Waals surface area contributed by atoms with Gasteiger partial charge in [0, 0.05) is 6.54 Å². The van der Waals surface area contributed by atoms with Crippen LogP contribution < -0.4 is 5.32 Å². The lowest BCUT2D eigenvalue weighted by molar-refractivity contribution is -0.154. The number of rotatable bonds is 4. The quantitative estimate of drug-likeness (QED) is 0.678. The molecule has 0 atom stereocenters. The molecule has 0 aromatic heterocycles. The third-order valence-electron chi connectivity index (χ3n) is 2.57. The second-order valence-corrected chi connectivity index (χ2v) is 5.78. The summed E-state index contributed by atoms with van der Waals surface area (Å²) in [4.78, 5) is 23.2. The van der Waals surface area contributed by atoms with Gasteiger partial charge < -0.3 is 10.1 Å². The van der Waals surface area contributed by atoms with Crippen LogP contribution in [0.3, 0.4) is 0 Å². The van der Waals surface area contributed by atoms with Crippen LogP contribution >= 0.6 is 0 Å². The van der Waals surface area contributed by atoms with Gasteiger partial charge in [-0.1, -0.05) is 0 Å². The molecule has 0 unspecified atom stereocenters. The van der Waals surface area contributed by atoms with Crippen molar-refractivity contribution in [1.29, 1.82) is 0 Å². The summed E-state index contributed by atoms with van der Waals surface area (Å²) >= 11 is 0. The molecular weight excluding hydrogens is 318 g/mol. The first kappa shape index (κ1) is 18.9. The largest absolute Gasteiger partial charge is 0.460 e. The Morgan fingerprint density at radius 2 is 1.78 bits per heavy atom. The fourth-order valence-electron chi connectivity index (χ4n) is 1.71. The molecule has 1 aromatic rings. The average molecular weight is 335 g/mol. The van der Waals surface area contributed by atoms with Crippen molar-refractivity contribution < 1.29 is 31.9 Å². The number of ether oxygens (including phenoxy) is 1. The molecule has 8 heteroatoms. The highest BCUT2D eigenvalue weighted by Gasteiger charge is 2.35. The number of benzene rings is 1. The minimum absolute atomic E-state index is 0.189. The number of nitrogens with one attached hydrogen (secondary N) is 1. The van der Waals surface area contributed by atoms with Crippen molar-refractivity contribution in [1.82, 2.24) is 5.32 Å². The molecule has 1 rings (SSSR count). The maximum atomic E-state index is 13.0. The molecule has 128 valence electrons. The number of hydrogen-bond donors (Lipinski definition) is 1. The molecule has 0 saturated heterocycles. The molecular formula is C15H17F4NO3. The number of amides is 1. The van der Waals surface area contributed by atoms with Crippen molar-refractivity contribution in [2.75, 3.05) is 6.54 Å². The molecule has 1 N–H and O–H groups in total. The minimum atomic E-state index is -4.86. The van der Waals surface area contributed by atoms with E-state index in [0.717, 1.165) is 12.1 Å². The zero-order valence-electron chi connectivity index (χ0n) is 12.9. The van der Waals surface area contributed by atoms with Crippen molar-refractivity contribution in [3.05, 3.63) is 35.1 Å². The van der Waals surface area contributed by atoms with Gasteiger partial charge in [0.15, 0.2) is 0 Å². The van der Waals surface area contributed by atoms with E-state index in [0.29, 0.717) is 0 Å². The van der Waals surface area contributed by atoms with Crippen LogP contribution in [0.25, 0.3) is 0 Å². The molecule has 0 aliphatic rings. The van der Waals surface area contributed by atoms with Crippen molar-refractivity contribution >= 4 is 11.9 Å². The van der Waals surface area contributed by atoms with Crippen LogP contribution in [0, 0.1) is 5.82 Å². The molecule has 0 radical (unpaired) electrons. The van der Waals surface area contributed by atoms with Crippen LogP contribution in [-0.2, 0) is 15.7 Å². The number of carbonyl (C=O) groups excluding carboxylic acids is 2. The fourth-order valence-corrected chi connectivity index (χ4v) is 1.71. The van der Waals surface area contributed by atoms with Gasteiger partial charge in [-0.25, -0.2) is 4.39 Å². The lowest BCUT2D eigenvalue weighted by Gasteiger charge is -2.19.